The quantitative estimate of drug-likeness (QED) is 0.517. The molecule has 1 aromatic heterocycles. The molecule has 0 amide bonds. The molecule has 148 valence electrons. The molecule has 0 saturated heterocycles. The minimum atomic E-state index is -0.0112. The highest BCUT2D eigenvalue weighted by molar-refractivity contribution is 5.81. The lowest BCUT2D eigenvalue weighted by molar-refractivity contribution is 0.301. The van der Waals surface area contributed by atoms with Crippen molar-refractivity contribution in [3.8, 4) is 5.75 Å². The van der Waals surface area contributed by atoms with E-state index in [1.165, 1.54) is 22.3 Å². The Morgan fingerprint density at radius 3 is 2.36 bits per heavy atom. The van der Waals surface area contributed by atoms with Crippen LogP contribution in [-0.4, -0.2) is 15.7 Å². The monoisotopic (exact) mass is 378 g/mol. The number of aryl methyl sites for hydroxylation is 4. The first kappa shape index (κ1) is 20.0. The number of aromatic nitrogens is 2. The number of fused-ring (bicyclic) bond motifs is 1. The standard InChI is InChI=1S/C24H30N2O2/c1-16(2)26-22-15-19(5)18(4)14-21(22)25(24(26)27)12-7-8-13-28-23-11-9-10-17(3)20(23)6/h9-11,14-15H,1,7-8,12-13H2,2-6H3. The van der Waals surface area contributed by atoms with Gasteiger partial charge >= 0.3 is 5.69 Å². The predicted molar refractivity (Wildman–Crippen MR) is 117 cm³/mol. The first-order valence-electron chi connectivity index (χ1n) is 9.88. The van der Waals surface area contributed by atoms with Gasteiger partial charge in [-0.25, -0.2) is 4.79 Å². The molecule has 2 aromatic carbocycles. The molecule has 0 radical (unpaired) electrons. The lowest BCUT2D eigenvalue weighted by atomic mass is 10.1. The highest BCUT2D eigenvalue weighted by Crippen LogP contribution is 2.22. The van der Waals surface area contributed by atoms with E-state index in [0.29, 0.717) is 13.2 Å². The fourth-order valence-corrected chi connectivity index (χ4v) is 3.53. The van der Waals surface area contributed by atoms with Crippen LogP contribution in [0.25, 0.3) is 16.7 Å². The SMILES string of the molecule is C=C(C)n1c(=O)n(CCCCOc2cccc(C)c2C)c2cc(C)c(C)cc21. The zero-order valence-corrected chi connectivity index (χ0v) is 17.6. The van der Waals surface area contributed by atoms with Crippen LogP contribution in [-0.2, 0) is 6.54 Å². The molecule has 0 aliphatic rings. The van der Waals surface area contributed by atoms with Crippen LogP contribution in [0.2, 0.25) is 0 Å². The third kappa shape index (κ3) is 3.77. The van der Waals surface area contributed by atoms with E-state index >= 15 is 0 Å². The molecule has 0 fully saturated rings. The Morgan fingerprint density at radius 1 is 1.00 bits per heavy atom. The Kier molecular flexibility index (Phi) is 5.78. The first-order valence-corrected chi connectivity index (χ1v) is 9.88. The molecule has 0 aliphatic carbocycles. The molecule has 3 aromatic rings. The van der Waals surface area contributed by atoms with Gasteiger partial charge in [-0.2, -0.15) is 0 Å². The number of rotatable bonds is 7. The van der Waals surface area contributed by atoms with Crippen LogP contribution in [0, 0.1) is 27.7 Å². The van der Waals surface area contributed by atoms with Crippen molar-refractivity contribution < 1.29 is 4.74 Å². The summed E-state index contributed by atoms with van der Waals surface area (Å²) in [4.78, 5) is 13.0. The van der Waals surface area contributed by atoms with Gasteiger partial charge in [-0.1, -0.05) is 18.7 Å². The number of allylic oxidation sites excluding steroid dienone is 1. The number of ether oxygens (including phenoxy) is 1. The summed E-state index contributed by atoms with van der Waals surface area (Å²) in [7, 11) is 0. The summed E-state index contributed by atoms with van der Waals surface area (Å²) in [5.74, 6) is 0.946. The Morgan fingerprint density at radius 2 is 1.68 bits per heavy atom. The number of unbranched alkanes of at least 4 members (excludes halogenated alkanes) is 1. The average molecular weight is 379 g/mol. The summed E-state index contributed by atoms with van der Waals surface area (Å²) in [5.41, 5.74) is 7.45. The van der Waals surface area contributed by atoms with Gasteiger partial charge in [0.05, 0.1) is 17.6 Å². The van der Waals surface area contributed by atoms with Gasteiger partial charge in [-0.05, 0) is 87.9 Å². The summed E-state index contributed by atoms with van der Waals surface area (Å²) in [6.45, 7) is 15.5. The van der Waals surface area contributed by atoms with Crippen LogP contribution in [0.4, 0.5) is 0 Å². The molecular formula is C24H30N2O2. The fourth-order valence-electron chi connectivity index (χ4n) is 3.53. The van der Waals surface area contributed by atoms with Crippen LogP contribution in [0.1, 0.15) is 42.0 Å². The van der Waals surface area contributed by atoms with Crippen LogP contribution >= 0.6 is 0 Å². The van der Waals surface area contributed by atoms with E-state index in [1.54, 1.807) is 4.57 Å². The van der Waals surface area contributed by atoms with Crippen molar-refractivity contribution in [2.45, 2.75) is 54.0 Å². The highest BCUT2D eigenvalue weighted by Gasteiger charge is 2.14. The fraction of sp³-hybridized carbons (Fsp3) is 0.375. The number of imidazole rings is 1. The molecule has 1 heterocycles. The first-order chi connectivity index (χ1) is 13.3. The number of hydrogen-bond acceptors (Lipinski definition) is 2. The van der Waals surface area contributed by atoms with Crippen molar-refractivity contribution in [2.24, 2.45) is 0 Å². The van der Waals surface area contributed by atoms with Gasteiger partial charge in [0.1, 0.15) is 5.75 Å². The van der Waals surface area contributed by atoms with Crippen molar-refractivity contribution in [3.63, 3.8) is 0 Å². The second-order valence-electron chi connectivity index (χ2n) is 7.68. The molecule has 4 heteroatoms. The number of nitrogens with zero attached hydrogens (tertiary/aromatic N) is 2. The Hall–Kier alpha value is -2.75. The van der Waals surface area contributed by atoms with E-state index < -0.39 is 0 Å². The summed E-state index contributed by atoms with van der Waals surface area (Å²) < 4.78 is 9.53. The summed E-state index contributed by atoms with van der Waals surface area (Å²) in [6.07, 6.45) is 1.78. The molecule has 0 N–H and O–H groups in total. The zero-order chi connectivity index (χ0) is 20.4. The molecule has 0 spiro atoms. The molecule has 4 nitrogen and oxygen atoms in total. The molecule has 28 heavy (non-hydrogen) atoms. The van der Waals surface area contributed by atoms with E-state index in [-0.39, 0.29) is 5.69 Å². The van der Waals surface area contributed by atoms with E-state index in [1.807, 2.05) is 23.6 Å². The Labute approximate surface area is 167 Å². The lowest BCUT2D eigenvalue weighted by Gasteiger charge is -2.11. The maximum atomic E-state index is 13.0. The van der Waals surface area contributed by atoms with Gasteiger partial charge < -0.3 is 4.74 Å². The van der Waals surface area contributed by atoms with Crippen LogP contribution < -0.4 is 10.4 Å². The smallest absolute Gasteiger partial charge is 0.333 e. The molecule has 0 aliphatic heterocycles. The maximum absolute atomic E-state index is 13.0. The molecule has 0 saturated carbocycles. The summed E-state index contributed by atoms with van der Waals surface area (Å²) in [5, 5.41) is 0. The molecule has 0 unspecified atom stereocenters. The van der Waals surface area contributed by atoms with Crippen LogP contribution in [0.5, 0.6) is 5.75 Å². The van der Waals surface area contributed by atoms with Crippen molar-refractivity contribution in [3.05, 3.63) is 69.6 Å². The average Bonchev–Trinajstić information content (AvgIpc) is 2.90. The van der Waals surface area contributed by atoms with E-state index in [0.717, 1.165) is 35.3 Å². The van der Waals surface area contributed by atoms with Gasteiger partial charge in [-0.15, -0.1) is 0 Å². The van der Waals surface area contributed by atoms with E-state index in [4.69, 9.17) is 4.74 Å². The van der Waals surface area contributed by atoms with Gasteiger partial charge in [-0.3, -0.25) is 9.13 Å². The normalized spacial score (nSPS) is 11.2. The highest BCUT2D eigenvalue weighted by atomic mass is 16.5. The topological polar surface area (TPSA) is 36.2 Å². The minimum Gasteiger partial charge on any atom is -0.493 e. The van der Waals surface area contributed by atoms with Crippen molar-refractivity contribution in [1.82, 2.24) is 9.13 Å². The Bertz CT molecular complexity index is 1090. The number of benzene rings is 2. The van der Waals surface area contributed by atoms with Gasteiger partial charge in [0.2, 0.25) is 0 Å². The van der Waals surface area contributed by atoms with Crippen LogP contribution in [0.15, 0.2) is 41.7 Å². The second kappa shape index (κ2) is 8.09. The number of hydrogen-bond donors (Lipinski definition) is 0. The van der Waals surface area contributed by atoms with E-state index in [9.17, 15) is 4.79 Å². The summed E-state index contributed by atoms with van der Waals surface area (Å²) >= 11 is 0. The van der Waals surface area contributed by atoms with Crippen molar-refractivity contribution in [1.29, 1.82) is 0 Å². The zero-order valence-electron chi connectivity index (χ0n) is 17.6. The van der Waals surface area contributed by atoms with Crippen molar-refractivity contribution >= 4 is 16.7 Å². The largest absolute Gasteiger partial charge is 0.493 e. The minimum absolute atomic E-state index is 0.0112. The summed E-state index contributed by atoms with van der Waals surface area (Å²) in [6, 6.07) is 10.3. The van der Waals surface area contributed by atoms with Crippen molar-refractivity contribution in [2.75, 3.05) is 6.61 Å². The lowest BCUT2D eigenvalue weighted by Crippen LogP contribution is -2.23. The van der Waals surface area contributed by atoms with Gasteiger partial charge in [0.25, 0.3) is 0 Å². The van der Waals surface area contributed by atoms with E-state index in [2.05, 4.69) is 52.5 Å². The molecular weight excluding hydrogens is 348 g/mol. The van der Waals surface area contributed by atoms with Gasteiger partial charge in [0.15, 0.2) is 0 Å². The Balaban J connectivity index is 1.73. The molecule has 0 bridgehead atoms. The van der Waals surface area contributed by atoms with Gasteiger partial charge in [0, 0.05) is 12.2 Å². The predicted octanol–water partition coefficient (Wildman–Crippen LogP) is 5.39. The maximum Gasteiger partial charge on any atom is 0.333 e. The third-order valence-corrected chi connectivity index (χ3v) is 5.52. The molecule has 0 atom stereocenters. The second-order valence-corrected chi connectivity index (χ2v) is 7.68. The molecule has 3 rings (SSSR count). The third-order valence-electron chi connectivity index (χ3n) is 5.52. The van der Waals surface area contributed by atoms with Crippen LogP contribution in [0.3, 0.4) is 0 Å².